The summed E-state index contributed by atoms with van der Waals surface area (Å²) in [6.45, 7) is 2.72. The summed E-state index contributed by atoms with van der Waals surface area (Å²) in [6, 6.07) is 4.57. The lowest BCUT2D eigenvalue weighted by molar-refractivity contribution is -0.385. The summed E-state index contributed by atoms with van der Waals surface area (Å²) >= 11 is 0. The van der Waals surface area contributed by atoms with Crippen molar-refractivity contribution < 1.29 is 9.72 Å². The van der Waals surface area contributed by atoms with Crippen LogP contribution in [0.5, 0.6) is 0 Å². The van der Waals surface area contributed by atoms with Gasteiger partial charge in [0.1, 0.15) is 0 Å². The van der Waals surface area contributed by atoms with Crippen molar-refractivity contribution in [2.75, 3.05) is 0 Å². The van der Waals surface area contributed by atoms with Crippen LogP contribution in [0, 0.1) is 28.4 Å². The molecule has 0 aliphatic heterocycles. The number of Topliss-reactive ketones (excluding diaryl/α,β-unsaturated/α-hetero) is 1. The molecule has 1 aromatic carbocycles. The van der Waals surface area contributed by atoms with Gasteiger partial charge < -0.3 is 0 Å². The van der Waals surface area contributed by atoms with Crippen LogP contribution in [0.2, 0.25) is 0 Å². The molecule has 0 saturated heterocycles. The number of ketones is 1. The minimum absolute atomic E-state index is 0.0384. The van der Waals surface area contributed by atoms with E-state index in [0.717, 1.165) is 0 Å². The Hall–Kier alpha value is -2.22. The van der Waals surface area contributed by atoms with E-state index in [1.54, 1.807) is 0 Å². The van der Waals surface area contributed by atoms with Gasteiger partial charge >= 0.3 is 0 Å². The fourth-order valence-electron chi connectivity index (χ4n) is 1.34. The van der Waals surface area contributed by atoms with Gasteiger partial charge in [-0.15, -0.1) is 0 Å². The maximum Gasteiger partial charge on any atom is 0.284 e. The molecule has 0 aliphatic rings. The van der Waals surface area contributed by atoms with E-state index < -0.39 is 4.92 Å². The van der Waals surface area contributed by atoms with Crippen molar-refractivity contribution in [2.24, 2.45) is 0 Å². The van der Waals surface area contributed by atoms with Gasteiger partial charge in [0, 0.05) is 5.56 Å². The van der Waals surface area contributed by atoms with Crippen LogP contribution in [0.1, 0.15) is 28.4 Å². The van der Waals surface area contributed by atoms with Crippen molar-refractivity contribution in [3.63, 3.8) is 0 Å². The van der Waals surface area contributed by atoms with E-state index in [1.807, 2.05) is 6.07 Å². The molecule has 5 heteroatoms. The lowest BCUT2D eigenvalue weighted by Crippen LogP contribution is -2.03. The molecule has 1 rings (SSSR count). The third-order valence-corrected chi connectivity index (χ3v) is 2.11. The van der Waals surface area contributed by atoms with E-state index in [9.17, 15) is 14.9 Å². The van der Waals surface area contributed by atoms with Crippen LogP contribution in [0.25, 0.3) is 0 Å². The number of nitro groups is 1. The van der Waals surface area contributed by atoms with Gasteiger partial charge in [0.05, 0.1) is 22.1 Å². The molecule has 15 heavy (non-hydrogen) atoms. The average molecular weight is 204 g/mol. The molecule has 0 amide bonds. The second-order valence-corrected chi connectivity index (χ2v) is 3.06. The zero-order valence-electron chi connectivity index (χ0n) is 8.27. The van der Waals surface area contributed by atoms with Crippen LogP contribution >= 0.6 is 0 Å². The van der Waals surface area contributed by atoms with E-state index in [-0.39, 0.29) is 28.2 Å². The maximum atomic E-state index is 11.1. The van der Waals surface area contributed by atoms with Gasteiger partial charge in [0.25, 0.3) is 5.69 Å². The molecule has 0 heterocycles. The highest BCUT2D eigenvalue weighted by Gasteiger charge is 2.22. The Morgan fingerprint density at radius 2 is 2.13 bits per heavy atom. The molecule has 0 aliphatic carbocycles. The second kappa shape index (κ2) is 3.88. The van der Waals surface area contributed by atoms with Crippen molar-refractivity contribution in [3.8, 4) is 6.07 Å². The van der Waals surface area contributed by atoms with Crippen molar-refractivity contribution in [3.05, 3.63) is 38.9 Å². The van der Waals surface area contributed by atoms with E-state index in [1.165, 1.54) is 26.0 Å². The molecule has 0 aromatic heterocycles. The smallest absolute Gasteiger partial charge is 0.284 e. The van der Waals surface area contributed by atoms with E-state index in [4.69, 9.17) is 5.26 Å². The first-order valence-corrected chi connectivity index (χ1v) is 4.18. The maximum absolute atomic E-state index is 11.1. The Labute approximate surface area is 86.1 Å². The van der Waals surface area contributed by atoms with Crippen LogP contribution in [-0.4, -0.2) is 10.7 Å². The van der Waals surface area contributed by atoms with Crippen LogP contribution < -0.4 is 0 Å². The van der Waals surface area contributed by atoms with Gasteiger partial charge in [-0.1, -0.05) is 0 Å². The summed E-state index contributed by atoms with van der Waals surface area (Å²) < 4.78 is 0. The van der Waals surface area contributed by atoms with Crippen LogP contribution in [0.4, 0.5) is 5.69 Å². The molecule has 0 N–H and O–H groups in total. The van der Waals surface area contributed by atoms with Gasteiger partial charge in [-0.25, -0.2) is 0 Å². The first-order valence-electron chi connectivity index (χ1n) is 4.18. The molecular weight excluding hydrogens is 196 g/mol. The number of rotatable bonds is 2. The Morgan fingerprint density at radius 3 is 2.53 bits per heavy atom. The third-order valence-electron chi connectivity index (χ3n) is 2.11. The number of benzene rings is 1. The van der Waals surface area contributed by atoms with Crippen molar-refractivity contribution in [1.82, 2.24) is 0 Å². The molecule has 0 saturated carbocycles. The summed E-state index contributed by atoms with van der Waals surface area (Å²) in [6.07, 6.45) is 0. The van der Waals surface area contributed by atoms with Crippen LogP contribution in [0.15, 0.2) is 12.1 Å². The molecule has 0 radical (unpaired) electrons. The first-order chi connectivity index (χ1) is 6.99. The summed E-state index contributed by atoms with van der Waals surface area (Å²) in [4.78, 5) is 21.3. The standard InChI is InChI=1S/C10H8N2O3/c1-6-8(5-11)3-4-9(7(2)13)10(6)12(14)15/h3-4H,1-2H3. The predicted octanol–water partition coefficient (Wildman–Crippen LogP) is 1.98. The first kappa shape index (κ1) is 10.9. The number of carbonyl (C=O) groups excluding carboxylic acids is 1. The van der Waals surface area contributed by atoms with Gasteiger partial charge in [-0.05, 0) is 26.0 Å². The Kier molecular flexibility index (Phi) is 2.81. The summed E-state index contributed by atoms with van der Waals surface area (Å²) in [5.41, 5.74) is 0.208. The fraction of sp³-hybridized carbons (Fsp3) is 0.200. The molecule has 76 valence electrons. The molecule has 0 unspecified atom stereocenters. The second-order valence-electron chi connectivity index (χ2n) is 3.06. The molecular formula is C10H8N2O3. The van der Waals surface area contributed by atoms with Gasteiger partial charge in [-0.2, -0.15) is 5.26 Å². The zero-order chi connectivity index (χ0) is 11.6. The molecule has 0 atom stereocenters. The number of hydrogen-bond donors (Lipinski definition) is 0. The number of nitriles is 1. The van der Waals surface area contributed by atoms with Crippen LogP contribution in [-0.2, 0) is 0 Å². The lowest BCUT2D eigenvalue weighted by Gasteiger charge is -2.03. The van der Waals surface area contributed by atoms with Crippen molar-refractivity contribution >= 4 is 11.5 Å². The topological polar surface area (TPSA) is 84.0 Å². The molecule has 5 nitrogen and oxygen atoms in total. The van der Waals surface area contributed by atoms with E-state index in [2.05, 4.69) is 0 Å². The number of carbonyl (C=O) groups is 1. The lowest BCUT2D eigenvalue weighted by atomic mass is 10.0. The highest BCUT2D eigenvalue weighted by Crippen LogP contribution is 2.26. The summed E-state index contributed by atoms with van der Waals surface area (Å²) in [5.74, 6) is -0.380. The number of nitrogens with zero attached hydrogens (tertiary/aromatic N) is 2. The Balaban J connectivity index is 3.60. The van der Waals surface area contributed by atoms with Crippen molar-refractivity contribution in [2.45, 2.75) is 13.8 Å². The molecule has 1 aromatic rings. The number of hydrogen-bond acceptors (Lipinski definition) is 4. The Morgan fingerprint density at radius 1 is 1.53 bits per heavy atom. The molecule has 0 bridgehead atoms. The SMILES string of the molecule is CC(=O)c1ccc(C#N)c(C)c1[N+](=O)[O-]. The monoisotopic (exact) mass is 204 g/mol. The fourth-order valence-corrected chi connectivity index (χ4v) is 1.34. The largest absolute Gasteiger partial charge is 0.294 e. The highest BCUT2D eigenvalue weighted by molar-refractivity contribution is 5.98. The van der Waals surface area contributed by atoms with E-state index in [0.29, 0.717) is 0 Å². The highest BCUT2D eigenvalue weighted by atomic mass is 16.6. The quantitative estimate of drug-likeness (QED) is 0.418. The van der Waals surface area contributed by atoms with Crippen molar-refractivity contribution in [1.29, 1.82) is 5.26 Å². The zero-order valence-corrected chi connectivity index (χ0v) is 8.27. The predicted molar refractivity (Wildman–Crippen MR) is 52.6 cm³/mol. The minimum atomic E-state index is -0.632. The van der Waals surface area contributed by atoms with Gasteiger partial charge in [-0.3, -0.25) is 14.9 Å². The number of nitro benzene ring substituents is 1. The molecule has 0 spiro atoms. The average Bonchev–Trinajstić information content (AvgIpc) is 2.16. The van der Waals surface area contributed by atoms with Crippen LogP contribution in [0.3, 0.4) is 0 Å². The molecule has 0 fully saturated rings. The minimum Gasteiger partial charge on any atom is -0.294 e. The summed E-state index contributed by atoms with van der Waals surface area (Å²) in [7, 11) is 0. The van der Waals surface area contributed by atoms with Gasteiger partial charge in [0.2, 0.25) is 0 Å². The summed E-state index contributed by atoms with van der Waals surface area (Å²) in [5, 5.41) is 19.5. The van der Waals surface area contributed by atoms with Gasteiger partial charge in [0.15, 0.2) is 5.78 Å². The third kappa shape index (κ3) is 1.83. The normalized spacial score (nSPS) is 9.40. The Bertz CT molecular complexity index is 486. The van der Waals surface area contributed by atoms with E-state index >= 15 is 0 Å².